The van der Waals surface area contributed by atoms with Crippen molar-refractivity contribution in [3.8, 4) is 0 Å². The number of aryl methyl sites for hydroxylation is 1. The molecule has 0 saturated carbocycles. The summed E-state index contributed by atoms with van der Waals surface area (Å²) in [6.45, 7) is 0.396. The van der Waals surface area contributed by atoms with Crippen molar-refractivity contribution in [2.24, 2.45) is 7.05 Å². The molecule has 0 spiro atoms. The second-order valence-corrected chi connectivity index (χ2v) is 6.16. The highest BCUT2D eigenvalue weighted by molar-refractivity contribution is 6.42. The molecule has 1 aromatic heterocycles. The number of urea groups is 1. The summed E-state index contributed by atoms with van der Waals surface area (Å²) in [5.74, 6) is 0. The first-order valence-electron chi connectivity index (χ1n) is 7.02. The summed E-state index contributed by atoms with van der Waals surface area (Å²) in [4.78, 5) is 16.2. The first-order valence-corrected chi connectivity index (χ1v) is 7.78. The number of hydrogen-bond donors (Lipinski definition) is 2. The van der Waals surface area contributed by atoms with E-state index in [2.05, 4.69) is 15.6 Å². The molecule has 0 radical (unpaired) electrons. The molecule has 2 amide bonds. The van der Waals surface area contributed by atoms with E-state index in [1.165, 1.54) is 0 Å². The van der Waals surface area contributed by atoms with Gasteiger partial charge in [0, 0.05) is 13.2 Å². The van der Waals surface area contributed by atoms with Crippen LogP contribution in [0.2, 0.25) is 10.0 Å². The molecule has 0 aliphatic heterocycles. The Balaban J connectivity index is 1.61. The first kappa shape index (κ1) is 15.2. The van der Waals surface area contributed by atoms with E-state index in [9.17, 15) is 4.79 Å². The molecule has 2 aromatic rings. The van der Waals surface area contributed by atoms with Gasteiger partial charge in [0.2, 0.25) is 0 Å². The summed E-state index contributed by atoms with van der Waals surface area (Å²) in [5, 5.41) is 6.93. The predicted molar refractivity (Wildman–Crippen MR) is 86.1 cm³/mol. The third kappa shape index (κ3) is 3.05. The monoisotopic (exact) mass is 338 g/mol. The van der Waals surface area contributed by atoms with E-state index in [4.69, 9.17) is 23.2 Å². The molecule has 1 aliphatic carbocycles. The molecule has 1 atom stereocenters. The van der Waals surface area contributed by atoms with Crippen LogP contribution in [0, 0.1) is 0 Å². The van der Waals surface area contributed by atoms with Crippen LogP contribution >= 0.6 is 23.2 Å². The van der Waals surface area contributed by atoms with Gasteiger partial charge in [-0.25, -0.2) is 9.78 Å². The summed E-state index contributed by atoms with van der Waals surface area (Å²) in [5.41, 5.74) is 2.89. The molecule has 0 bridgehead atoms. The fraction of sp³-hybridized carbons (Fsp3) is 0.333. The molecule has 5 nitrogen and oxygen atoms in total. The number of imidazole rings is 1. The zero-order chi connectivity index (χ0) is 15.7. The van der Waals surface area contributed by atoms with Gasteiger partial charge in [0.1, 0.15) is 0 Å². The maximum Gasteiger partial charge on any atom is 0.315 e. The third-order valence-corrected chi connectivity index (χ3v) is 4.63. The average Bonchev–Trinajstić information content (AvgIpc) is 3.08. The minimum Gasteiger partial charge on any atom is -0.340 e. The SMILES string of the molecule is Cn1cnc(CNC(=O)NC2CCc3c2ccc(Cl)c3Cl)c1. The molecule has 116 valence electrons. The topological polar surface area (TPSA) is 59.0 Å². The fourth-order valence-electron chi connectivity index (χ4n) is 2.72. The lowest BCUT2D eigenvalue weighted by molar-refractivity contribution is 0.236. The Hall–Kier alpha value is -1.72. The number of aromatic nitrogens is 2. The van der Waals surface area contributed by atoms with Crippen molar-refractivity contribution in [3.63, 3.8) is 0 Å². The van der Waals surface area contributed by atoms with Gasteiger partial charge < -0.3 is 15.2 Å². The summed E-state index contributed by atoms with van der Waals surface area (Å²) in [6.07, 6.45) is 5.22. The van der Waals surface area contributed by atoms with E-state index in [1.54, 1.807) is 12.4 Å². The Morgan fingerprint density at radius 1 is 1.45 bits per heavy atom. The largest absolute Gasteiger partial charge is 0.340 e. The lowest BCUT2D eigenvalue weighted by atomic mass is 10.1. The maximum atomic E-state index is 12.0. The number of nitrogens with zero attached hydrogens (tertiary/aromatic N) is 2. The number of amides is 2. The fourth-order valence-corrected chi connectivity index (χ4v) is 3.16. The zero-order valence-electron chi connectivity index (χ0n) is 12.1. The molecule has 0 fully saturated rings. The van der Waals surface area contributed by atoms with Crippen LogP contribution in [0.5, 0.6) is 0 Å². The quantitative estimate of drug-likeness (QED) is 0.902. The molecule has 22 heavy (non-hydrogen) atoms. The predicted octanol–water partition coefficient (Wildman–Crippen LogP) is 3.21. The van der Waals surface area contributed by atoms with Crippen LogP contribution in [-0.2, 0) is 20.0 Å². The lowest BCUT2D eigenvalue weighted by Crippen LogP contribution is -2.37. The minimum atomic E-state index is -0.213. The Bertz CT molecular complexity index is 714. The average molecular weight is 339 g/mol. The van der Waals surface area contributed by atoms with E-state index in [0.29, 0.717) is 16.6 Å². The van der Waals surface area contributed by atoms with E-state index < -0.39 is 0 Å². The van der Waals surface area contributed by atoms with Crippen LogP contribution in [0.15, 0.2) is 24.7 Å². The van der Waals surface area contributed by atoms with Crippen LogP contribution in [0.3, 0.4) is 0 Å². The highest BCUT2D eigenvalue weighted by Crippen LogP contribution is 2.38. The zero-order valence-corrected chi connectivity index (χ0v) is 13.6. The molecule has 1 aliphatic rings. The Labute approximate surface area is 138 Å². The highest BCUT2D eigenvalue weighted by atomic mass is 35.5. The Morgan fingerprint density at radius 3 is 3.00 bits per heavy atom. The molecule has 7 heteroatoms. The summed E-state index contributed by atoms with van der Waals surface area (Å²) in [6, 6.07) is 3.46. The second kappa shape index (κ2) is 6.18. The minimum absolute atomic E-state index is 0.0338. The van der Waals surface area contributed by atoms with Crippen molar-refractivity contribution in [2.45, 2.75) is 25.4 Å². The smallest absolute Gasteiger partial charge is 0.315 e. The number of carbonyl (C=O) groups excluding carboxylic acids is 1. The van der Waals surface area contributed by atoms with Crippen molar-refractivity contribution in [1.29, 1.82) is 0 Å². The van der Waals surface area contributed by atoms with E-state index in [0.717, 1.165) is 29.7 Å². The Morgan fingerprint density at radius 2 is 2.27 bits per heavy atom. The van der Waals surface area contributed by atoms with E-state index >= 15 is 0 Å². The molecule has 1 aromatic carbocycles. The molecule has 0 saturated heterocycles. The Kier molecular flexibility index (Phi) is 4.27. The number of hydrogen-bond acceptors (Lipinski definition) is 2. The van der Waals surface area contributed by atoms with Gasteiger partial charge in [-0.3, -0.25) is 0 Å². The molecule has 3 rings (SSSR count). The van der Waals surface area contributed by atoms with Crippen LogP contribution in [0.1, 0.15) is 29.3 Å². The molecular weight excluding hydrogens is 323 g/mol. The highest BCUT2D eigenvalue weighted by Gasteiger charge is 2.26. The summed E-state index contributed by atoms with van der Waals surface area (Å²) < 4.78 is 1.84. The summed E-state index contributed by atoms with van der Waals surface area (Å²) in [7, 11) is 1.89. The van der Waals surface area contributed by atoms with Crippen LogP contribution in [-0.4, -0.2) is 15.6 Å². The number of carbonyl (C=O) groups is 1. The number of nitrogens with one attached hydrogen (secondary N) is 2. The van der Waals surface area contributed by atoms with Gasteiger partial charge in [-0.1, -0.05) is 29.3 Å². The van der Waals surface area contributed by atoms with Crippen molar-refractivity contribution in [3.05, 3.63) is 51.5 Å². The molecule has 1 unspecified atom stereocenters. The van der Waals surface area contributed by atoms with Crippen molar-refractivity contribution >= 4 is 29.2 Å². The van der Waals surface area contributed by atoms with E-state index in [1.807, 2.05) is 23.9 Å². The molecular formula is C15H16Cl2N4O. The second-order valence-electron chi connectivity index (χ2n) is 5.38. The number of fused-ring (bicyclic) bond motifs is 1. The van der Waals surface area contributed by atoms with Gasteiger partial charge in [-0.15, -0.1) is 0 Å². The number of halogens is 2. The van der Waals surface area contributed by atoms with Crippen LogP contribution in [0.4, 0.5) is 4.79 Å². The number of rotatable bonds is 3. The standard InChI is InChI=1S/C15H16Cl2N4O/c1-21-7-9(19-8-21)6-18-15(22)20-13-5-3-11-10(13)2-4-12(16)14(11)17/h2,4,7-8,13H,3,5-6H2,1H3,(H2,18,20,22). The first-order chi connectivity index (χ1) is 10.5. The molecule has 2 N–H and O–H groups in total. The van der Waals surface area contributed by atoms with Gasteiger partial charge in [-0.05, 0) is 30.0 Å². The molecule has 1 heterocycles. The van der Waals surface area contributed by atoms with Crippen molar-refractivity contribution in [1.82, 2.24) is 20.2 Å². The summed E-state index contributed by atoms with van der Waals surface area (Å²) >= 11 is 12.2. The third-order valence-electron chi connectivity index (χ3n) is 3.78. The van der Waals surface area contributed by atoms with Crippen molar-refractivity contribution < 1.29 is 4.79 Å². The van der Waals surface area contributed by atoms with E-state index in [-0.39, 0.29) is 12.1 Å². The van der Waals surface area contributed by atoms with Crippen LogP contribution < -0.4 is 10.6 Å². The lowest BCUT2D eigenvalue weighted by Gasteiger charge is -2.15. The van der Waals surface area contributed by atoms with Gasteiger partial charge in [0.15, 0.2) is 0 Å². The van der Waals surface area contributed by atoms with Gasteiger partial charge >= 0.3 is 6.03 Å². The normalized spacial score (nSPS) is 16.4. The van der Waals surface area contributed by atoms with Gasteiger partial charge in [0.25, 0.3) is 0 Å². The van der Waals surface area contributed by atoms with Crippen LogP contribution in [0.25, 0.3) is 0 Å². The van der Waals surface area contributed by atoms with Gasteiger partial charge in [0.05, 0.1) is 34.7 Å². The van der Waals surface area contributed by atoms with Crippen molar-refractivity contribution in [2.75, 3.05) is 0 Å². The number of benzene rings is 1. The van der Waals surface area contributed by atoms with Gasteiger partial charge in [-0.2, -0.15) is 0 Å². The maximum absolute atomic E-state index is 12.0.